The van der Waals surface area contributed by atoms with Gasteiger partial charge in [0.05, 0.1) is 0 Å². The second-order valence-corrected chi connectivity index (χ2v) is 6.30. The summed E-state index contributed by atoms with van der Waals surface area (Å²) in [5.74, 6) is -0.0179. The number of aliphatic imine (C=N–C) groups is 1. The third-order valence-corrected chi connectivity index (χ3v) is 4.56. The molecule has 2 N–H and O–H groups in total. The molecule has 0 fully saturated rings. The second-order valence-electron chi connectivity index (χ2n) is 5.32. The largest absolute Gasteiger partial charge is 0.356 e. The summed E-state index contributed by atoms with van der Waals surface area (Å²) < 4.78 is 26.3. The van der Waals surface area contributed by atoms with E-state index in [4.69, 9.17) is 0 Å². The van der Waals surface area contributed by atoms with Crippen LogP contribution in [0.5, 0.6) is 0 Å². The quantitative estimate of drug-likeness (QED) is 0.625. The Morgan fingerprint density at radius 1 is 1.22 bits per heavy atom. The molecule has 1 aromatic heterocycles. The minimum atomic E-state index is -0.549. The summed E-state index contributed by atoms with van der Waals surface area (Å²) in [5, 5.41) is 8.49. The van der Waals surface area contributed by atoms with Gasteiger partial charge in [-0.1, -0.05) is 13.0 Å². The molecule has 0 spiro atoms. The Hall–Kier alpha value is -1.95. The summed E-state index contributed by atoms with van der Waals surface area (Å²) >= 11 is 1.74. The second kappa shape index (κ2) is 8.62. The maximum absolute atomic E-state index is 13.1. The van der Waals surface area contributed by atoms with Crippen LogP contribution in [0.1, 0.15) is 23.3 Å². The molecule has 0 aliphatic carbocycles. The molecule has 1 heterocycles. The van der Waals surface area contributed by atoms with Crippen molar-refractivity contribution in [2.24, 2.45) is 4.99 Å². The van der Waals surface area contributed by atoms with E-state index in [1.807, 2.05) is 6.07 Å². The Morgan fingerprint density at radius 3 is 2.57 bits per heavy atom. The van der Waals surface area contributed by atoms with Gasteiger partial charge in [-0.3, -0.25) is 4.99 Å². The zero-order valence-electron chi connectivity index (χ0n) is 13.3. The smallest absolute Gasteiger partial charge is 0.191 e. The third kappa shape index (κ3) is 5.63. The van der Waals surface area contributed by atoms with Gasteiger partial charge in [-0.05, 0) is 35.6 Å². The van der Waals surface area contributed by atoms with Gasteiger partial charge >= 0.3 is 0 Å². The Balaban J connectivity index is 1.76. The average Bonchev–Trinajstić information content (AvgIpc) is 3.03. The molecular weight excluding hydrogens is 316 g/mol. The van der Waals surface area contributed by atoms with Crippen molar-refractivity contribution in [1.82, 2.24) is 10.6 Å². The molecule has 3 nitrogen and oxygen atoms in total. The zero-order chi connectivity index (χ0) is 16.7. The highest BCUT2D eigenvalue weighted by molar-refractivity contribution is 7.10. The highest BCUT2D eigenvalue weighted by Crippen LogP contribution is 2.19. The predicted octanol–water partition coefficient (Wildman–Crippen LogP) is 3.54. The van der Waals surface area contributed by atoms with E-state index in [1.54, 1.807) is 18.4 Å². The first-order chi connectivity index (χ1) is 11.1. The molecule has 0 aliphatic rings. The van der Waals surface area contributed by atoms with Crippen molar-refractivity contribution in [2.75, 3.05) is 20.1 Å². The van der Waals surface area contributed by atoms with Gasteiger partial charge in [0, 0.05) is 37.0 Å². The summed E-state index contributed by atoms with van der Waals surface area (Å²) in [4.78, 5) is 5.48. The van der Waals surface area contributed by atoms with Crippen LogP contribution in [0.15, 0.2) is 40.7 Å². The number of halogens is 2. The van der Waals surface area contributed by atoms with Crippen LogP contribution >= 0.6 is 11.3 Å². The minimum Gasteiger partial charge on any atom is -0.356 e. The molecule has 1 unspecified atom stereocenters. The van der Waals surface area contributed by atoms with Gasteiger partial charge in [-0.15, -0.1) is 11.3 Å². The van der Waals surface area contributed by atoms with Crippen LogP contribution in [0.2, 0.25) is 0 Å². The van der Waals surface area contributed by atoms with Crippen LogP contribution in [0.3, 0.4) is 0 Å². The first kappa shape index (κ1) is 17.4. The summed E-state index contributed by atoms with van der Waals surface area (Å²) in [6.45, 7) is 3.48. The zero-order valence-corrected chi connectivity index (χ0v) is 14.1. The Bertz CT molecular complexity index is 621. The van der Waals surface area contributed by atoms with Gasteiger partial charge in [0.2, 0.25) is 0 Å². The van der Waals surface area contributed by atoms with Crippen molar-refractivity contribution >= 4 is 17.3 Å². The van der Waals surface area contributed by atoms with E-state index < -0.39 is 11.6 Å². The van der Waals surface area contributed by atoms with Crippen molar-refractivity contribution in [2.45, 2.75) is 19.3 Å². The fraction of sp³-hybridized carbons (Fsp3) is 0.353. The number of hydrogen-bond donors (Lipinski definition) is 2. The number of rotatable bonds is 6. The van der Waals surface area contributed by atoms with Gasteiger partial charge in [-0.2, -0.15) is 0 Å². The van der Waals surface area contributed by atoms with Crippen LogP contribution < -0.4 is 10.6 Å². The Morgan fingerprint density at radius 2 is 1.96 bits per heavy atom. The molecule has 0 aliphatic heterocycles. The lowest BCUT2D eigenvalue weighted by atomic mass is 10.1. The van der Waals surface area contributed by atoms with E-state index in [0.29, 0.717) is 30.4 Å². The van der Waals surface area contributed by atoms with Crippen molar-refractivity contribution in [3.8, 4) is 0 Å². The Labute approximate surface area is 139 Å². The van der Waals surface area contributed by atoms with Crippen molar-refractivity contribution < 1.29 is 8.78 Å². The van der Waals surface area contributed by atoms with Gasteiger partial charge in [-0.25, -0.2) is 8.78 Å². The first-order valence-electron chi connectivity index (χ1n) is 7.51. The van der Waals surface area contributed by atoms with E-state index >= 15 is 0 Å². The minimum absolute atomic E-state index is 0.394. The molecule has 1 aromatic carbocycles. The number of thiophene rings is 1. The van der Waals surface area contributed by atoms with Gasteiger partial charge in [0.1, 0.15) is 11.6 Å². The van der Waals surface area contributed by atoms with Crippen molar-refractivity contribution in [1.29, 1.82) is 0 Å². The summed E-state index contributed by atoms with van der Waals surface area (Å²) in [6, 6.07) is 7.73. The fourth-order valence-electron chi connectivity index (χ4n) is 2.22. The number of guanidine groups is 1. The topological polar surface area (TPSA) is 36.4 Å². The molecule has 2 aromatic rings. The van der Waals surface area contributed by atoms with Gasteiger partial charge in [0.15, 0.2) is 5.96 Å². The fourth-order valence-corrected chi connectivity index (χ4v) is 3.01. The number of benzene rings is 1. The van der Waals surface area contributed by atoms with Crippen LogP contribution in [0, 0.1) is 11.6 Å². The monoisotopic (exact) mass is 337 g/mol. The van der Waals surface area contributed by atoms with Crippen molar-refractivity contribution in [3.05, 3.63) is 57.8 Å². The lowest BCUT2D eigenvalue weighted by molar-refractivity contribution is 0.579. The maximum atomic E-state index is 13.1. The number of nitrogens with zero attached hydrogens (tertiary/aromatic N) is 1. The van der Waals surface area contributed by atoms with E-state index in [1.165, 1.54) is 17.0 Å². The molecule has 0 amide bonds. The summed E-state index contributed by atoms with van der Waals surface area (Å²) in [6.07, 6.45) is 0.524. The van der Waals surface area contributed by atoms with Crippen LogP contribution in [-0.4, -0.2) is 26.1 Å². The normalized spacial score (nSPS) is 13.0. The molecule has 0 saturated heterocycles. The predicted molar refractivity (Wildman–Crippen MR) is 92.2 cm³/mol. The molecule has 0 bridgehead atoms. The molecule has 1 atom stereocenters. The van der Waals surface area contributed by atoms with Crippen LogP contribution in [0.25, 0.3) is 0 Å². The lowest BCUT2D eigenvalue weighted by Crippen LogP contribution is -2.39. The maximum Gasteiger partial charge on any atom is 0.191 e. The molecule has 23 heavy (non-hydrogen) atoms. The summed E-state index contributed by atoms with van der Waals surface area (Å²) in [7, 11) is 1.70. The molecule has 0 saturated carbocycles. The van der Waals surface area contributed by atoms with Crippen molar-refractivity contribution in [3.63, 3.8) is 0 Å². The third-order valence-electron chi connectivity index (χ3n) is 3.46. The number of nitrogens with one attached hydrogen (secondary N) is 2. The van der Waals surface area contributed by atoms with Crippen LogP contribution in [0.4, 0.5) is 8.78 Å². The average molecular weight is 337 g/mol. The van der Waals surface area contributed by atoms with E-state index in [-0.39, 0.29) is 0 Å². The van der Waals surface area contributed by atoms with Gasteiger partial charge < -0.3 is 10.6 Å². The van der Waals surface area contributed by atoms with Crippen LogP contribution in [-0.2, 0) is 6.42 Å². The molecule has 124 valence electrons. The molecule has 6 heteroatoms. The van der Waals surface area contributed by atoms with E-state index in [9.17, 15) is 8.78 Å². The SMILES string of the molecule is CN=C(NCCc1cc(F)cc(F)c1)NCC(C)c1cccs1. The molecule has 2 rings (SSSR count). The standard InChI is InChI=1S/C17H21F2N3S/c1-12(16-4-3-7-23-16)11-22-17(20-2)21-6-5-13-8-14(18)10-15(19)9-13/h3-4,7-10,12H,5-6,11H2,1-2H3,(H2,20,21,22). The van der Waals surface area contributed by atoms with E-state index in [2.05, 4.69) is 34.0 Å². The lowest BCUT2D eigenvalue weighted by Gasteiger charge is -2.15. The molecular formula is C17H21F2N3S. The number of hydrogen-bond acceptors (Lipinski definition) is 2. The van der Waals surface area contributed by atoms with Gasteiger partial charge in [0.25, 0.3) is 0 Å². The highest BCUT2D eigenvalue weighted by atomic mass is 32.1. The Kier molecular flexibility index (Phi) is 6.52. The first-order valence-corrected chi connectivity index (χ1v) is 8.39. The molecule has 0 radical (unpaired) electrons. The highest BCUT2D eigenvalue weighted by Gasteiger charge is 2.07. The summed E-state index contributed by atoms with van der Waals surface area (Å²) in [5.41, 5.74) is 0.623. The van der Waals surface area contributed by atoms with E-state index in [0.717, 1.165) is 12.6 Å².